The Morgan fingerprint density at radius 3 is 2.62 bits per heavy atom. The molecular formula is C14H17FN2O3S. The van der Waals surface area contributed by atoms with Gasteiger partial charge < -0.3 is 9.30 Å². The van der Waals surface area contributed by atoms with Crippen LogP contribution in [0.15, 0.2) is 35.5 Å². The second-order valence-corrected chi connectivity index (χ2v) is 6.45. The number of aromatic nitrogens is 1. The molecule has 114 valence electrons. The van der Waals surface area contributed by atoms with E-state index < -0.39 is 15.8 Å². The van der Waals surface area contributed by atoms with Crippen LogP contribution in [0.1, 0.15) is 11.1 Å². The summed E-state index contributed by atoms with van der Waals surface area (Å²) in [7, 11) is -0.601. The lowest BCUT2D eigenvalue weighted by atomic mass is 10.2. The molecule has 5 nitrogen and oxygen atoms in total. The molecule has 0 radical (unpaired) electrons. The SMILES string of the molecule is COc1ccc(S(=O)(=O)NCc2ccn(C)c2)c(C)c1F. The summed E-state index contributed by atoms with van der Waals surface area (Å²) < 4.78 is 47.6. The second-order valence-electron chi connectivity index (χ2n) is 4.71. The number of methoxy groups -OCH3 is 1. The van der Waals surface area contributed by atoms with Gasteiger partial charge in [-0.2, -0.15) is 0 Å². The molecular weight excluding hydrogens is 295 g/mol. The molecule has 0 aliphatic rings. The molecule has 7 heteroatoms. The minimum absolute atomic E-state index is 0.0227. The molecule has 1 heterocycles. The maximum absolute atomic E-state index is 13.9. The van der Waals surface area contributed by atoms with Crippen molar-refractivity contribution < 1.29 is 17.5 Å². The predicted molar refractivity (Wildman–Crippen MR) is 77.1 cm³/mol. The number of nitrogens with zero attached hydrogens (tertiary/aromatic N) is 1. The average molecular weight is 312 g/mol. The van der Waals surface area contributed by atoms with Crippen molar-refractivity contribution in [3.63, 3.8) is 0 Å². The van der Waals surface area contributed by atoms with Gasteiger partial charge in [-0.3, -0.25) is 0 Å². The fourth-order valence-electron chi connectivity index (χ4n) is 2.01. The molecule has 1 aromatic carbocycles. The number of rotatable bonds is 5. The van der Waals surface area contributed by atoms with Crippen molar-refractivity contribution in [2.75, 3.05) is 7.11 Å². The molecule has 0 spiro atoms. The highest BCUT2D eigenvalue weighted by molar-refractivity contribution is 7.89. The highest BCUT2D eigenvalue weighted by Gasteiger charge is 2.21. The number of ether oxygens (including phenoxy) is 1. The van der Waals surface area contributed by atoms with Crippen LogP contribution in [0.3, 0.4) is 0 Å². The van der Waals surface area contributed by atoms with E-state index in [1.54, 1.807) is 0 Å². The quantitative estimate of drug-likeness (QED) is 0.918. The van der Waals surface area contributed by atoms with Crippen molar-refractivity contribution in [3.05, 3.63) is 47.5 Å². The number of aryl methyl sites for hydroxylation is 1. The maximum atomic E-state index is 13.9. The molecule has 0 amide bonds. The van der Waals surface area contributed by atoms with E-state index in [-0.39, 0.29) is 22.8 Å². The van der Waals surface area contributed by atoms with Crippen molar-refractivity contribution in [1.29, 1.82) is 0 Å². The molecule has 0 bridgehead atoms. The summed E-state index contributed by atoms with van der Waals surface area (Å²) in [5.41, 5.74) is 0.864. The fourth-order valence-corrected chi connectivity index (χ4v) is 3.26. The number of hydrogen-bond acceptors (Lipinski definition) is 3. The molecule has 0 unspecified atom stereocenters. The molecule has 0 fully saturated rings. The van der Waals surface area contributed by atoms with Gasteiger partial charge in [0.2, 0.25) is 10.0 Å². The van der Waals surface area contributed by atoms with Gasteiger partial charge in [-0.25, -0.2) is 17.5 Å². The molecule has 21 heavy (non-hydrogen) atoms. The van der Waals surface area contributed by atoms with Crippen LogP contribution in [0.25, 0.3) is 0 Å². The monoisotopic (exact) mass is 312 g/mol. The molecule has 0 saturated carbocycles. The van der Waals surface area contributed by atoms with Gasteiger partial charge in [-0.15, -0.1) is 0 Å². The van der Waals surface area contributed by atoms with Crippen LogP contribution in [0.2, 0.25) is 0 Å². The van der Waals surface area contributed by atoms with E-state index in [0.717, 1.165) is 5.56 Å². The average Bonchev–Trinajstić information content (AvgIpc) is 2.85. The highest BCUT2D eigenvalue weighted by atomic mass is 32.2. The second kappa shape index (κ2) is 5.87. The van der Waals surface area contributed by atoms with Crippen molar-refractivity contribution in [1.82, 2.24) is 9.29 Å². The van der Waals surface area contributed by atoms with Gasteiger partial charge in [0.15, 0.2) is 11.6 Å². The van der Waals surface area contributed by atoms with Gasteiger partial charge in [-0.05, 0) is 30.7 Å². The molecule has 0 atom stereocenters. The first kappa shape index (κ1) is 15.5. The van der Waals surface area contributed by atoms with Crippen LogP contribution in [0.5, 0.6) is 5.75 Å². The molecule has 1 N–H and O–H groups in total. The summed E-state index contributed by atoms with van der Waals surface area (Å²) >= 11 is 0. The van der Waals surface area contributed by atoms with Gasteiger partial charge in [0.1, 0.15) is 0 Å². The first-order valence-corrected chi connectivity index (χ1v) is 7.77. The van der Waals surface area contributed by atoms with E-state index in [9.17, 15) is 12.8 Å². The van der Waals surface area contributed by atoms with E-state index in [0.29, 0.717) is 0 Å². The summed E-state index contributed by atoms with van der Waals surface area (Å²) in [6.45, 7) is 1.56. The molecule has 1 aromatic heterocycles. The summed E-state index contributed by atoms with van der Waals surface area (Å²) in [5.74, 6) is -0.644. The standard InChI is InChI=1S/C14H17FN2O3S/c1-10-13(5-4-12(20-3)14(10)15)21(18,19)16-8-11-6-7-17(2)9-11/h4-7,9,16H,8H2,1-3H3. The van der Waals surface area contributed by atoms with E-state index in [2.05, 4.69) is 4.72 Å². The Labute approximate surface area is 123 Å². The van der Waals surface area contributed by atoms with E-state index >= 15 is 0 Å². The molecule has 0 aliphatic carbocycles. The van der Waals surface area contributed by atoms with Crippen LogP contribution in [0.4, 0.5) is 4.39 Å². The van der Waals surface area contributed by atoms with Gasteiger partial charge in [0.05, 0.1) is 12.0 Å². The van der Waals surface area contributed by atoms with Crippen LogP contribution in [-0.2, 0) is 23.6 Å². The lowest BCUT2D eigenvalue weighted by Crippen LogP contribution is -2.24. The van der Waals surface area contributed by atoms with Crippen molar-refractivity contribution in [2.24, 2.45) is 7.05 Å². The number of hydrogen-bond donors (Lipinski definition) is 1. The number of halogens is 1. The minimum Gasteiger partial charge on any atom is -0.494 e. The maximum Gasteiger partial charge on any atom is 0.241 e. The zero-order valence-electron chi connectivity index (χ0n) is 12.1. The molecule has 2 rings (SSSR count). The summed E-state index contributed by atoms with van der Waals surface area (Å²) in [6.07, 6.45) is 3.63. The van der Waals surface area contributed by atoms with Crippen molar-refractivity contribution in [3.8, 4) is 5.75 Å². The van der Waals surface area contributed by atoms with Crippen LogP contribution < -0.4 is 9.46 Å². The Morgan fingerprint density at radius 2 is 2.05 bits per heavy atom. The van der Waals surface area contributed by atoms with Crippen molar-refractivity contribution >= 4 is 10.0 Å². The van der Waals surface area contributed by atoms with Crippen LogP contribution >= 0.6 is 0 Å². The largest absolute Gasteiger partial charge is 0.494 e. The Balaban J connectivity index is 2.25. The zero-order valence-corrected chi connectivity index (χ0v) is 12.9. The third-order valence-electron chi connectivity index (χ3n) is 3.17. The third kappa shape index (κ3) is 3.25. The smallest absolute Gasteiger partial charge is 0.241 e. The number of benzene rings is 1. The van der Waals surface area contributed by atoms with Gasteiger partial charge in [0, 0.05) is 31.5 Å². The van der Waals surface area contributed by atoms with E-state index in [1.807, 2.05) is 30.1 Å². The summed E-state index contributed by atoms with van der Waals surface area (Å²) in [6, 6.07) is 4.45. The van der Waals surface area contributed by atoms with Gasteiger partial charge in [0.25, 0.3) is 0 Å². The summed E-state index contributed by atoms with van der Waals surface area (Å²) in [4.78, 5) is -0.0864. The first-order valence-electron chi connectivity index (χ1n) is 6.29. The normalized spacial score (nSPS) is 11.6. The predicted octanol–water partition coefficient (Wildman–Crippen LogP) is 1.96. The Morgan fingerprint density at radius 1 is 1.33 bits per heavy atom. The highest BCUT2D eigenvalue weighted by Crippen LogP contribution is 2.25. The van der Waals surface area contributed by atoms with Crippen LogP contribution in [-0.4, -0.2) is 20.1 Å². The minimum atomic E-state index is -3.78. The third-order valence-corrected chi connectivity index (χ3v) is 4.72. The number of sulfonamides is 1. The summed E-state index contributed by atoms with van der Waals surface area (Å²) in [5, 5.41) is 0. The van der Waals surface area contributed by atoms with Gasteiger partial charge >= 0.3 is 0 Å². The molecule has 0 saturated heterocycles. The molecule has 2 aromatic rings. The van der Waals surface area contributed by atoms with E-state index in [4.69, 9.17) is 4.74 Å². The molecule has 0 aliphatic heterocycles. The first-order chi connectivity index (χ1) is 9.85. The lowest BCUT2D eigenvalue weighted by molar-refractivity contribution is 0.384. The Kier molecular flexibility index (Phi) is 4.34. The Bertz CT molecular complexity index is 754. The zero-order chi connectivity index (χ0) is 15.6. The number of nitrogens with one attached hydrogen (secondary N) is 1. The van der Waals surface area contributed by atoms with E-state index in [1.165, 1.54) is 26.2 Å². The van der Waals surface area contributed by atoms with Crippen LogP contribution in [0, 0.1) is 12.7 Å². The Hall–Kier alpha value is -1.86. The van der Waals surface area contributed by atoms with Crippen molar-refractivity contribution in [2.45, 2.75) is 18.4 Å². The van der Waals surface area contributed by atoms with Gasteiger partial charge in [-0.1, -0.05) is 0 Å². The topological polar surface area (TPSA) is 60.3 Å². The lowest BCUT2D eigenvalue weighted by Gasteiger charge is -2.11. The fraction of sp³-hybridized carbons (Fsp3) is 0.286.